The first-order valence-electron chi connectivity index (χ1n) is 14.4. The fraction of sp³-hybridized carbons (Fsp3) is 0.483. The lowest BCUT2D eigenvalue weighted by Gasteiger charge is -2.40. The van der Waals surface area contributed by atoms with E-state index in [-0.39, 0.29) is 47.0 Å². The summed E-state index contributed by atoms with van der Waals surface area (Å²) >= 11 is 0. The van der Waals surface area contributed by atoms with Crippen molar-refractivity contribution in [2.75, 3.05) is 41.7 Å². The van der Waals surface area contributed by atoms with E-state index in [4.69, 9.17) is 14.3 Å². The van der Waals surface area contributed by atoms with Gasteiger partial charge >= 0.3 is 18.4 Å². The second-order valence-corrected chi connectivity index (χ2v) is 12.5. The molecule has 0 aliphatic carbocycles. The molecule has 0 saturated carbocycles. The number of pyridine rings is 2. The molecule has 13 nitrogen and oxygen atoms in total. The number of nitrogens with zero attached hydrogens (tertiary/aromatic N) is 4. The molecule has 2 atom stereocenters. The van der Waals surface area contributed by atoms with Gasteiger partial charge in [-0.3, -0.25) is 25.0 Å². The lowest BCUT2D eigenvalue weighted by molar-refractivity contribution is -0.177. The van der Waals surface area contributed by atoms with Gasteiger partial charge in [0.25, 0.3) is 11.8 Å². The molecule has 2 fully saturated rings. The molecule has 2 aliphatic rings. The average Bonchev–Trinajstić information content (AvgIpc) is 3.27. The molecule has 0 unspecified atom stereocenters. The van der Waals surface area contributed by atoms with Crippen LogP contribution in [-0.2, 0) is 11.3 Å². The number of furan rings is 1. The molecule has 3 aromatic rings. The molecule has 3 amide bonds. The van der Waals surface area contributed by atoms with E-state index in [1.165, 1.54) is 40.5 Å². The largest absolute Gasteiger partial charge is 0.465 e. The zero-order valence-corrected chi connectivity index (χ0v) is 25.5. The summed E-state index contributed by atoms with van der Waals surface area (Å²) in [6.45, 7) is 3.50. The summed E-state index contributed by atoms with van der Waals surface area (Å²) in [7, 11) is 0. The molecule has 0 aromatic carbocycles. The van der Waals surface area contributed by atoms with E-state index < -0.39 is 73.8 Å². The van der Waals surface area contributed by atoms with Gasteiger partial charge in [-0.2, -0.15) is 13.2 Å². The van der Waals surface area contributed by atoms with E-state index >= 15 is 0 Å². The van der Waals surface area contributed by atoms with E-state index in [0.717, 1.165) is 0 Å². The molecule has 0 spiro atoms. The number of halogens is 5. The number of hydrogen-bond acceptors (Lipinski definition) is 9. The standard InChI is InChI=1S/C29H32F5N7O6/c1-27(2,3)47-26(45)39-24-21(22-20(46-24)6-15(8-36-22)10-40-13-28(30,31)14-40)23(42)38-18-9-35-5-4-19(18)41-11-16(29(32,33)34)7-17(12-41)37-25(43)44/h4-6,8-9,16-17,37H,7,10-14H2,1-3H3,(H,38,42)(H,39,45)(H,43,44)/t16-,17+/m1/s1. The van der Waals surface area contributed by atoms with Crippen LogP contribution in [0.5, 0.6) is 0 Å². The third-order valence-electron chi connectivity index (χ3n) is 7.37. The Morgan fingerprint density at radius 2 is 1.85 bits per heavy atom. The summed E-state index contributed by atoms with van der Waals surface area (Å²) < 4.78 is 79.2. The van der Waals surface area contributed by atoms with Gasteiger partial charge in [-0.25, -0.2) is 18.4 Å². The van der Waals surface area contributed by atoms with Gasteiger partial charge in [0, 0.05) is 32.0 Å². The number of carbonyl (C=O) groups is 3. The SMILES string of the molecule is CC(C)(C)OC(=O)Nc1oc2cc(CN3CC(F)(F)C3)cnc2c1C(=O)Nc1cnccc1N1C[C@@H](NC(=O)O)C[C@@H](C(F)(F)F)C1. The van der Waals surface area contributed by atoms with Crippen molar-refractivity contribution >= 4 is 46.5 Å². The quantitative estimate of drug-likeness (QED) is 0.243. The van der Waals surface area contributed by atoms with Gasteiger partial charge in [0.05, 0.1) is 42.6 Å². The number of carbonyl (C=O) groups excluding carboxylic acids is 2. The number of nitrogens with one attached hydrogen (secondary N) is 3. The summed E-state index contributed by atoms with van der Waals surface area (Å²) in [5, 5.41) is 16.3. The van der Waals surface area contributed by atoms with Crippen LogP contribution in [-0.4, -0.2) is 88.0 Å². The lowest BCUT2D eigenvalue weighted by atomic mass is 9.93. The topological polar surface area (TPSA) is 162 Å². The molecule has 3 aromatic heterocycles. The van der Waals surface area contributed by atoms with Crippen molar-refractivity contribution in [3.63, 3.8) is 0 Å². The maximum Gasteiger partial charge on any atom is 0.414 e. The van der Waals surface area contributed by atoms with Gasteiger partial charge in [0.1, 0.15) is 16.7 Å². The first-order valence-corrected chi connectivity index (χ1v) is 14.4. The molecule has 2 saturated heterocycles. The van der Waals surface area contributed by atoms with Crippen LogP contribution >= 0.6 is 0 Å². The molecule has 0 bridgehead atoms. The molecule has 254 valence electrons. The molecule has 4 N–H and O–H groups in total. The van der Waals surface area contributed by atoms with Crippen molar-refractivity contribution < 1.29 is 50.6 Å². The summed E-state index contributed by atoms with van der Waals surface area (Å²) in [4.78, 5) is 48.8. The molecule has 2 aliphatic heterocycles. The Kier molecular flexibility index (Phi) is 8.91. The van der Waals surface area contributed by atoms with E-state index in [2.05, 4.69) is 25.9 Å². The number of anilines is 3. The van der Waals surface area contributed by atoms with Crippen molar-refractivity contribution in [3.8, 4) is 0 Å². The van der Waals surface area contributed by atoms with Crippen LogP contribution in [0, 0.1) is 5.92 Å². The average molecular weight is 670 g/mol. The Hall–Kier alpha value is -4.74. The van der Waals surface area contributed by atoms with Crippen molar-refractivity contribution in [3.05, 3.63) is 41.9 Å². The number of piperidine rings is 1. The summed E-state index contributed by atoms with van der Waals surface area (Å²) in [6.07, 6.45) is -3.63. The minimum Gasteiger partial charge on any atom is -0.465 e. The van der Waals surface area contributed by atoms with Gasteiger partial charge in [0.15, 0.2) is 5.58 Å². The Labute approximate surface area is 264 Å². The molecule has 47 heavy (non-hydrogen) atoms. The van der Waals surface area contributed by atoms with Crippen LogP contribution in [0.1, 0.15) is 43.1 Å². The fourth-order valence-corrected chi connectivity index (χ4v) is 5.53. The highest BCUT2D eigenvalue weighted by Crippen LogP contribution is 2.38. The molecule has 5 heterocycles. The zero-order valence-electron chi connectivity index (χ0n) is 25.5. The van der Waals surface area contributed by atoms with Gasteiger partial charge in [-0.15, -0.1) is 0 Å². The predicted octanol–water partition coefficient (Wildman–Crippen LogP) is 5.30. The Balaban J connectivity index is 1.46. The highest BCUT2D eigenvalue weighted by atomic mass is 19.4. The Morgan fingerprint density at radius 3 is 2.49 bits per heavy atom. The van der Waals surface area contributed by atoms with E-state index in [1.807, 2.05) is 0 Å². The Bertz CT molecular complexity index is 1670. The third-order valence-corrected chi connectivity index (χ3v) is 7.37. The molecule has 18 heteroatoms. The van der Waals surface area contributed by atoms with Crippen molar-refractivity contribution in [1.82, 2.24) is 20.2 Å². The third kappa shape index (κ3) is 8.16. The lowest BCUT2D eigenvalue weighted by Crippen LogP contribution is -2.55. The number of alkyl halides is 5. The van der Waals surface area contributed by atoms with Gasteiger partial charge < -0.3 is 29.8 Å². The number of fused-ring (bicyclic) bond motifs is 1. The second-order valence-electron chi connectivity index (χ2n) is 12.5. The molecular formula is C29H32F5N7O6. The highest BCUT2D eigenvalue weighted by molar-refractivity contribution is 6.16. The first kappa shape index (κ1) is 33.6. The summed E-state index contributed by atoms with van der Waals surface area (Å²) in [5.41, 5.74) is -0.496. The van der Waals surface area contributed by atoms with Crippen LogP contribution in [0.3, 0.4) is 0 Å². The number of hydrogen-bond donors (Lipinski definition) is 4. The normalized spacial score (nSPS) is 20.0. The van der Waals surface area contributed by atoms with Crippen molar-refractivity contribution in [2.24, 2.45) is 5.92 Å². The van der Waals surface area contributed by atoms with Gasteiger partial charge in [-0.1, -0.05) is 0 Å². The maximum atomic E-state index is 13.8. The fourth-order valence-electron chi connectivity index (χ4n) is 5.53. The van der Waals surface area contributed by atoms with Crippen molar-refractivity contribution in [2.45, 2.75) is 57.5 Å². The molecular weight excluding hydrogens is 637 g/mol. The molecule has 0 radical (unpaired) electrons. The number of amides is 3. The van der Waals surface area contributed by atoms with Crippen molar-refractivity contribution in [1.29, 1.82) is 0 Å². The van der Waals surface area contributed by atoms with Crippen LogP contribution in [0.25, 0.3) is 11.1 Å². The number of carboxylic acid groups (broad SMARTS) is 1. The van der Waals surface area contributed by atoms with Crippen LogP contribution in [0.15, 0.2) is 35.1 Å². The van der Waals surface area contributed by atoms with E-state index in [9.17, 15) is 36.3 Å². The highest BCUT2D eigenvalue weighted by Gasteiger charge is 2.46. The number of likely N-dealkylation sites (tertiary alicyclic amines) is 1. The maximum absolute atomic E-state index is 13.8. The minimum atomic E-state index is -4.62. The van der Waals surface area contributed by atoms with Crippen LogP contribution < -0.4 is 20.9 Å². The van der Waals surface area contributed by atoms with E-state index in [0.29, 0.717) is 5.56 Å². The zero-order chi connectivity index (χ0) is 34.3. The summed E-state index contributed by atoms with van der Waals surface area (Å²) in [6, 6.07) is 1.81. The number of aromatic nitrogens is 2. The smallest absolute Gasteiger partial charge is 0.414 e. The second kappa shape index (κ2) is 12.5. The van der Waals surface area contributed by atoms with E-state index in [1.54, 1.807) is 20.8 Å². The molecule has 5 rings (SSSR count). The minimum absolute atomic E-state index is 0.00230. The van der Waals surface area contributed by atoms with Gasteiger partial charge in [0.2, 0.25) is 5.88 Å². The first-order chi connectivity index (χ1) is 21.9. The predicted molar refractivity (Wildman–Crippen MR) is 158 cm³/mol. The summed E-state index contributed by atoms with van der Waals surface area (Å²) in [5.74, 6) is -5.87. The Morgan fingerprint density at radius 1 is 1.13 bits per heavy atom. The van der Waals surface area contributed by atoms with Gasteiger partial charge in [-0.05, 0) is 44.9 Å². The number of rotatable bonds is 7. The number of ether oxygens (including phenoxy) is 1. The monoisotopic (exact) mass is 669 g/mol. The van der Waals surface area contributed by atoms with Crippen LogP contribution in [0.4, 0.5) is 48.8 Å². The van der Waals surface area contributed by atoms with Crippen LogP contribution in [0.2, 0.25) is 0 Å².